The zero-order valence-electron chi connectivity index (χ0n) is 14.5. The SMILES string of the molecule is CCC(=O)C(=NNc1ccc(OCc2ccccc2)cc1F)C(=O)OC. The number of benzene rings is 2. The van der Waals surface area contributed by atoms with Crippen LogP contribution < -0.4 is 10.2 Å². The molecule has 0 aliphatic carbocycles. The highest BCUT2D eigenvalue weighted by Gasteiger charge is 2.20. The molecule has 0 aliphatic rings. The van der Waals surface area contributed by atoms with E-state index < -0.39 is 23.3 Å². The normalized spacial score (nSPS) is 11.0. The summed E-state index contributed by atoms with van der Waals surface area (Å²) in [6.07, 6.45) is 0.0738. The van der Waals surface area contributed by atoms with E-state index in [9.17, 15) is 14.0 Å². The summed E-state index contributed by atoms with van der Waals surface area (Å²) < 4.78 is 24.2. The number of carbonyl (C=O) groups is 2. The van der Waals surface area contributed by atoms with Crippen LogP contribution in [0.25, 0.3) is 0 Å². The number of anilines is 1. The van der Waals surface area contributed by atoms with E-state index in [-0.39, 0.29) is 12.1 Å². The lowest BCUT2D eigenvalue weighted by atomic mass is 10.2. The van der Waals surface area contributed by atoms with Gasteiger partial charge in [0.1, 0.15) is 12.4 Å². The minimum absolute atomic E-state index is 0.00219. The standard InChI is InChI=1S/C19H19FN2O4/c1-3-17(23)18(19(24)25-2)22-21-16-10-9-14(11-15(16)20)26-12-13-7-5-4-6-8-13/h4-11,21H,3,12H2,1-2H3. The molecule has 0 spiro atoms. The summed E-state index contributed by atoms with van der Waals surface area (Å²) in [5.41, 5.74) is 2.92. The second kappa shape index (κ2) is 9.31. The van der Waals surface area contributed by atoms with Gasteiger partial charge in [0.2, 0.25) is 5.71 Å². The van der Waals surface area contributed by atoms with Gasteiger partial charge in [0.15, 0.2) is 11.6 Å². The Morgan fingerprint density at radius 2 is 1.88 bits per heavy atom. The van der Waals surface area contributed by atoms with Crippen molar-refractivity contribution in [1.82, 2.24) is 0 Å². The average molecular weight is 358 g/mol. The van der Waals surface area contributed by atoms with E-state index >= 15 is 0 Å². The first-order valence-corrected chi connectivity index (χ1v) is 7.96. The molecule has 2 rings (SSSR count). The molecule has 7 heteroatoms. The van der Waals surface area contributed by atoms with E-state index in [1.165, 1.54) is 12.1 Å². The Bertz CT molecular complexity index is 788. The fourth-order valence-corrected chi connectivity index (χ4v) is 2.02. The maximum Gasteiger partial charge on any atom is 0.362 e. The Labute approximate surface area is 150 Å². The Balaban J connectivity index is 2.07. The van der Waals surface area contributed by atoms with Crippen LogP contribution in [-0.2, 0) is 20.9 Å². The van der Waals surface area contributed by atoms with Gasteiger partial charge in [-0.2, -0.15) is 5.10 Å². The fraction of sp³-hybridized carbons (Fsp3) is 0.211. The monoisotopic (exact) mass is 358 g/mol. The van der Waals surface area contributed by atoms with Crippen LogP contribution in [0.2, 0.25) is 0 Å². The molecule has 0 fully saturated rings. The molecule has 26 heavy (non-hydrogen) atoms. The van der Waals surface area contributed by atoms with Crippen LogP contribution in [0.3, 0.4) is 0 Å². The number of nitrogens with one attached hydrogen (secondary N) is 1. The summed E-state index contributed by atoms with van der Waals surface area (Å²) in [5.74, 6) is -1.67. The number of hydrogen-bond donors (Lipinski definition) is 1. The van der Waals surface area contributed by atoms with Crippen molar-refractivity contribution in [3.05, 3.63) is 59.9 Å². The summed E-state index contributed by atoms with van der Waals surface area (Å²) >= 11 is 0. The van der Waals surface area contributed by atoms with Crippen molar-refractivity contribution in [3.8, 4) is 5.75 Å². The Morgan fingerprint density at radius 3 is 2.50 bits per heavy atom. The summed E-state index contributed by atoms with van der Waals surface area (Å²) in [6.45, 7) is 1.89. The number of rotatable bonds is 8. The summed E-state index contributed by atoms with van der Waals surface area (Å²) in [4.78, 5) is 23.3. The highest BCUT2D eigenvalue weighted by Crippen LogP contribution is 2.21. The second-order valence-corrected chi connectivity index (χ2v) is 5.26. The maximum atomic E-state index is 14.2. The lowest BCUT2D eigenvalue weighted by Gasteiger charge is -2.09. The zero-order valence-corrected chi connectivity index (χ0v) is 14.5. The number of nitrogens with zero attached hydrogens (tertiary/aromatic N) is 1. The molecule has 2 aromatic rings. The molecule has 0 saturated carbocycles. The molecule has 136 valence electrons. The molecule has 0 unspecified atom stereocenters. The van der Waals surface area contributed by atoms with Gasteiger partial charge >= 0.3 is 5.97 Å². The third-order valence-electron chi connectivity index (χ3n) is 3.44. The Hall–Kier alpha value is -3.22. The van der Waals surface area contributed by atoms with Gasteiger partial charge in [0.05, 0.1) is 12.8 Å². The van der Waals surface area contributed by atoms with Crippen LogP contribution in [0, 0.1) is 5.82 Å². The molecule has 6 nitrogen and oxygen atoms in total. The molecular weight excluding hydrogens is 339 g/mol. The zero-order chi connectivity index (χ0) is 18.9. The van der Waals surface area contributed by atoms with Crippen molar-refractivity contribution in [2.24, 2.45) is 5.10 Å². The van der Waals surface area contributed by atoms with E-state index in [1.54, 1.807) is 13.0 Å². The first kappa shape index (κ1) is 19.1. The lowest BCUT2D eigenvalue weighted by molar-refractivity contribution is -0.133. The van der Waals surface area contributed by atoms with Crippen molar-refractivity contribution in [2.45, 2.75) is 20.0 Å². The number of Topliss-reactive ketones (excluding diaryl/α,β-unsaturated/α-hetero) is 1. The van der Waals surface area contributed by atoms with Crippen molar-refractivity contribution in [3.63, 3.8) is 0 Å². The van der Waals surface area contributed by atoms with Crippen molar-refractivity contribution < 1.29 is 23.5 Å². The number of halogens is 1. The van der Waals surface area contributed by atoms with Crippen molar-refractivity contribution in [2.75, 3.05) is 12.5 Å². The number of carbonyl (C=O) groups excluding carboxylic acids is 2. The molecular formula is C19H19FN2O4. The molecule has 0 aliphatic heterocycles. The van der Waals surface area contributed by atoms with E-state index in [0.717, 1.165) is 12.7 Å². The fourth-order valence-electron chi connectivity index (χ4n) is 2.02. The number of hydrogen-bond acceptors (Lipinski definition) is 6. The van der Waals surface area contributed by atoms with E-state index in [4.69, 9.17) is 4.74 Å². The predicted octanol–water partition coefficient (Wildman–Crippen LogP) is 3.32. The summed E-state index contributed by atoms with van der Waals surface area (Å²) in [7, 11) is 1.14. The van der Waals surface area contributed by atoms with Crippen LogP contribution in [0.4, 0.5) is 10.1 Å². The van der Waals surface area contributed by atoms with E-state index in [1.807, 2.05) is 30.3 Å². The summed E-state index contributed by atoms with van der Waals surface area (Å²) in [6, 6.07) is 13.6. The van der Waals surface area contributed by atoms with Gasteiger partial charge < -0.3 is 9.47 Å². The van der Waals surface area contributed by atoms with E-state index in [2.05, 4.69) is 15.3 Å². The molecule has 0 atom stereocenters. The minimum Gasteiger partial charge on any atom is -0.489 e. The number of ether oxygens (including phenoxy) is 2. The quantitative estimate of drug-likeness (QED) is 0.339. The topological polar surface area (TPSA) is 77.0 Å². The van der Waals surface area contributed by atoms with E-state index in [0.29, 0.717) is 12.4 Å². The minimum atomic E-state index is -0.882. The van der Waals surface area contributed by atoms with Crippen LogP contribution in [0.15, 0.2) is 53.6 Å². The molecule has 0 amide bonds. The second-order valence-electron chi connectivity index (χ2n) is 5.26. The number of methoxy groups -OCH3 is 1. The number of esters is 1. The van der Waals surface area contributed by atoms with Gasteiger partial charge in [-0.3, -0.25) is 10.2 Å². The first-order valence-electron chi connectivity index (χ1n) is 7.96. The molecule has 1 N–H and O–H groups in total. The van der Waals surface area contributed by atoms with Gasteiger partial charge in [0.25, 0.3) is 0 Å². The van der Waals surface area contributed by atoms with Crippen LogP contribution in [-0.4, -0.2) is 24.6 Å². The van der Waals surface area contributed by atoms with Gasteiger partial charge in [-0.25, -0.2) is 9.18 Å². The van der Waals surface area contributed by atoms with Crippen molar-refractivity contribution >= 4 is 23.2 Å². The number of ketones is 1. The van der Waals surface area contributed by atoms with Crippen LogP contribution in [0.5, 0.6) is 5.75 Å². The first-order chi connectivity index (χ1) is 12.5. The van der Waals surface area contributed by atoms with Gasteiger partial charge in [-0.15, -0.1) is 0 Å². The highest BCUT2D eigenvalue weighted by molar-refractivity contribution is 6.64. The average Bonchev–Trinajstić information content (AvgIpc) is 2.68. The molecule has 0 aromatic heterocycles. The molecule has 0 bridgehead atoms. The van der Waals surface area contributed by atoms with Gasteiger partial charge in [-0.05, 0) is 17.7 Å². The lowest BCUT2D eigenvalue weighted by Crippen LogP contribution is -2.26. The van der Waals surface area contributed by atoms with Crippen molar-refractivity contribution in [1.29, 1.82) is 0 Å². The Kier molecular flexibility index (Phi) is 6.84. The van der Waals surface area contributed by atoms with Gasteiger partial charge in [-0.1, -0.05) is 37.3 Å². The van der Waals surface area contributed by atoms with Gasteiger partial charge in [0, 0.05) is 12.5 Å². The summed E-state index contributed by atoms with van der Waals surface area (Å²) in [5, 5.41) is 3.68. The molecule has 0 saturated heterocycles. The molecule has 0 heterocycles. The smallest absolute Gasteiger partial charge is 0.362 e. The molecule has 0 radical (unpaired) electrons. The maximum absolute atomic E-state index is 14.2. The number of hydrazone groups is 1. The highest BCUT2D eigenvalue weighted by atomic mass is 19.1. The third-order valence-corrected chi connectivity index (χ3v) is 3.44. The van der Waals surface area contributed by atoms with Crippen LogP contribution in [0.1, 0.15) is 18.9 Å². The third kappa shape index (κ3) is 5.14. The predicted molar refractivity (Wildman–Crippen MR) is 95.5 cm³/mol. The Morgan fingerprint density at radius 1 is 1.15 bits per heavy atom. The van der Waals surface area contributed by atoms with Crippen LogP contribution >= 0.6 is 0 Å². The largest absolute Gasteiger partial charge is 0.489 e. The molecule has 2 aromatic carbocycles.